The highest BCUT2D eigenvalue weighted by Crippen LogP contribution is 2.65. The first-order valence-corrected chi connectivity index (χ1v) is 6.79. The van der Waals surface area contributed by atoms with E-state index < -0.39 is 0 Å². The van der Waals surface area contributed by atoms with Crippen molar-refractivity contribution in [3.63, 3.8) is 0 Å². The van der Waals surface area contributed by atoms with Crippen LogP contribution in [0.3, 0.4) is 0 Å². The lowest BCUT2D eigenvalue weighted by molar-refractivity contribution is -0.105. The van der Waals surface area contributed by atoms with E-state index in [1.54, 1.807) is 0 Å². The number of fused-ring (bicyclic) bond motifs is 1. The SMILES string of the molecule is C[C@@H]1CC[C@@H]2[C@H]1[C@@H](/C=C(/C=O)CCO)C2(C)C. The molecule has 0 aromatic rings. The Morgan fingerprint density at radius 3 is 2.71 bits per heavy atom. The summed E-state index contributed by atoms with van der Waals surface area (Å²) in [6.07, 6.45) is 6.24. The molecule has 0 amide bonds. The van der Waals surface area contributed by atoms with Crippen molar-refractivity contribution in [3.8, 4) is 0 Å². The largest absolute Gasteiger partial charge is 0.396 e. The van der Waals surface area contributed by atoms with E-state index in [0.29, 0.717) is 17.8 Å². The standard InChI is InChI=1S/C15H24O2/c1-10-4-5-12-14(10)13(15(12,2)3)8-11(9-17)6-7-16/h8-10,12-14,16H,4-7H2,1-3H3/b11-8+/t10-,12-,13-,14+/m1/s1. The van der Waals surface area contributed by atoms with Crippen molar-refractivity contribution in [2.45, 2.75) is 40.0 Å². The first-order chi connectivity index (χ1) is 8.02. The van der Waals surface area contributed by atoms with Crippen molar-refractivity contribution >= 4 is 6.29 Å². The van der Waals surface area contributed by atoms with Crippen molar-refractivity contribution in [2.24, 2.45) is 29.1 Å². The maximum atomic E-state index is 11.0. The number of rotatable bonds is 4. The average Bonchev–Trinajstić information content (AvgIpc) is 2.64. The molecular weight excluding hydrogens is 212 g/mol. The van der Waals surface area contributed by atoms with E-state index in [1.807, 2.05) is 0 Å². The molecule has 2 saturated carbocycles. The smallest absolute Gasteiger partial charge is 0.145 e. The molecule has 0 aromatic carbocycles. The second-order valence-corrected chi connectivity index (χ2v) is 6.42. The van der Waals surface area contributed by atoms with Gasteiger partial charge in [-0.05, 0) is 47.5 Å². The van der Waals surface area contributed by atoms with Crippen LogP contribution in [0, 0.1) is 29.1 Å². The van der Waals surface area contributed by atoms with Crippen molar-refractivity contribution in [2.75, 3.05) is 6.61 Å². The number of allylic oxidation sites excluding steroid dienone is 1. The summed E-state index contributed by atoms with van der Waals surface area (Å²) in [7, 11) is 0. The lowest BCUT2D eigenvalue weighted by atomic mass is 9.48. The Hall–Kier alpha value is -0.630. The highest BCUT2D eigenvalue weighted by Gasteiger charge is 2.58. The number of aliphatic hydroxyl groups excluding tert-OH is 1. The van der Waals surface area contributed by atoms with Crippen LogP contribution in [0.4, 0.5) is 0 Å². The zero-order valence-corrected chi connectivity index (χ0v) is 11.1. The van der Waals surface area contributed by atoms with Gasteiger partial charge in [0.2, 0.25) is 0 Å². The molecule has 0 unspecified atom stereocenters. The molecule has 2 fully saturated rings. The summed E-state index contributed by atoms with van der Waals surface area (Å²) < 4.78 is 0. The molecular formula is C15H24O2. The van der Waals surface area contributed by atoms with Gasteiger partial charge in [0.05, 0.1) is 0 Å². The van der Waals surface area contributed by atoms with Crippen LogP contribution in [-0.4, -0.2) is 18.0 Å². The molecule has 0 saturated heterocycles. The molecule has 2 aliphatic carbocycles. The highest BCUT2D eigenvalue weighted by atomic mass is 16.3. The van der Waals surface area contributed by atoms with Crippen LogP contribution in [0.15, 0.2) is 11.6 Å². The molecule has 96 valence electrons. The van der Waals surface area contributed by atoms with Gasteiger partial charge in [0, 0.05) is 6.61 Å². The molecule has 0 aliphatic heterocycles. The zero-order valence-electron chi connectivity index (χ0n) is 11.1. The summed E-state index contributed by atoms with van der Waals surface area (Å²) in [5.74, 6) is 2.91. The first-order valence-electron chi connectivity index (χ1n) is 6.79. The average molecular weight is 236 g/mol. The second-order valence-electron chi connectivity index (χ2n) is 6.42. The van der Waals surface area contributed by atoms with E-state index in [2.05, 4.69) is 26.8 Å². The number of carbonyl (C=O) groups is 1. The van der Waals surface area contributed by atoms with E-state index in [0.717, 1.165) is 29.6 Å². The van der Waals surface area contributed by atoms with Crippen molar-refractivity contribution in [1.29, 1.82) is 0 Å². The van der Waals surface area contributed by atoms with Crippen molar-refractivity contribution in [1.82, 2.24) is 0 Å². The third-order valence-corrected chi connectivity index (χ3v) is 5.23. The number of aldehydes is 1. The van der Waals surface area contributed by atoms with Crippen molar-refractivity contribution in [3.05, 3.63) is 11.6 Å². The zero-order chi connectivity index (χ0) is 12.6. The van der Waals surface area contributed by atoms with Crippen LogP contribution in [-0.2, 0) is 4.79 Å². The highest BCUT2D eigenvalue weighted by molar-refractivity contribution is 5.73. The summed E-state index contributed by atoms with van der Waals surface area (Å²) in [5, 5.41) is 8.94. The fourth-order valence-electron chi connectivity index (χ4n) is 4.19. The minimum atomic E-state index is 0.0708. The number of aliphatic hydroxyl groups is 1. The van der Waals surface area contributed by atoms with Gasteiger partial charge in [-0.25, -0.2) is 0 Å². The lowest BCUT2D eigenvalue weighted by Gasteiger charge is -2.56. The van der Waals surface area contributed by atoms with E-state index in [-0.39, 0.29) is 6.61 Å². The fourth-order valence-corrected chi connectivity index (χ4v) is 4.19. The van der Waals surface area contributed by atoms with E-state index >= 15 is 0 Å². The normalized spacial score (nSPS) is 39.6. The molecule has 2 rings (SSSR count). The van der Waals surface area contributed by atoms with Gasteiger partial charge in [0.1, 0.15) is 6.29 Å². The predicted molar refractivity (Wildman–Crippen MR) is 68.5 cm³/mol. The topological polar surface area (TPSA) is 37.3 Å². The summed E-state index contributed by atoms with van der Waals surface area (Å²) in [5.41, 5.74) is 1.11. The quantitative estimate of drug-likeness (QED) is 0.602. The molecule has 0 radical (unpaired) electrons. The Morgan fingerprint density at radius 1 is 1.41 bits per heavy atom. The Morgan fingerprint density at radius 2 is 2.12 bits per heavy atom. The minimum absolute atomic E-state index is 0.0708. The van der Waals surface area contributed by atoms with Gasteiger partial charge in [-0.15, -0.1) is 0 Å². The molecule has 1 N–H and O–H groups in total. The molecule has 0 spiro atoms. The molecule has 0 heterocycles. The molecule has 17 heavy (non-hydrogen) atoms. The monoisotopic (exact) mass is 236 g/mol. The molecule has 2 heteroatoms. The molecule has 0 bridgehead atoms. The van der Waals surface area contributed by atoms with Gasteiger partial charge >= 0.3 is 0 Å². The van der Waals surface area contributed by atoms with Crippen LogP contribution in [0.5, 0.6) is 0 Å². The van der Waals surface area contributed by atoms with Gasteiger partial charge in [0.15, 0.2) is 0 Å². The maximum absolute atomic E-state index is 11.0. The Kier molecular flexibility index (Phi) is 3.44. The van der Waals surface area contributed by atoms with Gasteiger partial charge in [0.25, 0.3) is 0 Å². The molecule has 0 aromatic heterocycles. The van der Waals surface area contributed by atoms with Crippen molar-refractivity contribution < 1.29 is 9.90 Å². The predicted octanol–water partition coefficient (Wildman–Crippen LogP) is 2.81. The minimum Gasteiger partial charge on any atom is -0.396 e. The van der Waals surface area contributed by atoms with Gasteiger partial charge < -0.3 is 5.11 Å². The molecule has 4 atom stereocenters. The van der Waals surface area contributed by atoms with E-state index in [4.69, 9.17) is 5.11 Å². The molecule has 2 aliphatic rings. The van der Waals surface area contributed by atoms with Crippen LogP contribution in [0.25, 0.3) is 0 Å². The Labute approximate surface area is 104 Å². The van der Waals surface area contributed by atoms with Crippen LogP contribution in [0.2, 0.25) is 0 Å². The summed E-state index contributed by atoms with van der Waals surface area (Å²) in [6, 6.07) is 0. The van der Waals surface area contributed by atoms with Crippen LogP contribution in [0.1, 0.15) is 40.0 Å². The van der Waals surface area contributed by atoms with Gasteiger partial charge in [-0.3, -0.25) is 4.79 Å². The summed E-state index contributed by atoms with van der Waals surface area (Å²) in [4.78, 5) is 11.0. The fraction of sp³-hybridized carbons (Fsp3) is 0.800. The summed E-state index contributed by atoms with van der Waals surface area (Å²) in [6.45, 7) is 7.07. The van der Waals surface area contributed by atoms with Gasteiger partial charge in [-0.1, -0.05) is 33.3 Å². The third kappa shape index (κ3) is 1.97. The number of hydrogen-bond acceptors (Lipinski definition) is 2. The number of hydrogen-bond donors (Lipinski definition) is 1. The second kappa shape index (κ2) is 4.56. The first kappa shape index (κ1) is 12.8. The van der Waals surface area contributed by atoms with Gasteiger partial charge in [-0.2, -0.15) is 0 Å². The van der Waals surface area contributed by atoms with Crippen LogP contribution < -0.4 is 0 Å². The van der Waals surface area contributed by atoms with E-state index in [1.165, 1.54) is 12.8 Å². The lowest BCUT2D eigenvalue weighted by Crippen LogP contribution is -2.51. The Bertz CT molecular complexity index is 330. The van der Waals surface area contributed by atoms with E-state index in [9.17, 15) is 4.79 Å². The Balaban J connectivity index is 2.17. The summed E-state index contributed by atoms with van der Waals surface area (Å²) >= 11 is 0. The third-order valence-electron chi connectivity index (χ3n) is 5.23. The number of carbonyl (C=O) groups excluding carboxylic acids is 1. The molecule has 2 nitrogen and oxygen atoms in total. The maximum Gasteiger partial charge on any atom is 0.145 e. The van der Waals surface area contributed by atoms with Crippen LogP contribution >= 0.6 is 0 Å².